The van der Waals surface area contributed by atoms with Gasteiger partial charge in [0.2, 0.25) is 5.91 Å². The van der Waals surface area contributed by atoms with Crippen LogP contribution in [0.15, 0.2) is 18.2 Å². The molecule has 2 rings (SSSR count). The van der Waals surface area contributed by atoms with E-state index in [1.54, 1.807) is 11.9 Å². The maximum atomic E-state index is 14.0. The van der Waals surface area contributed by atoms with Crippen LogP contribution >= 0.6 is 0 Å². The highest BCUT2D eigenvalue weighted by atomic mass is 19.1. The molecule has 1 unspecified atom stereocenters. The molecule has 0 radical (unpaired) electrons. The predicted octanol–water partition coefficient (Wildman–Crippen LogP) is 1.24. The van der Waals surface area contributed by atoms with Gasteiger partial charge >= 0.3 is 5.97 Å². The van der Waals surface area contributed by atoms with E-state index in [4.69, 9.17) is 5.11 Å². The average molecular weight is 266 g/mol. The Morgan fingerprint density at radius 1 is 1.47 bits per heavy atom. The second-order valence-corrected chi connectivity index (χ2v) is 4.44. The first-order valence-corrected chi connectivity index (χ1v) is 6.05. The zero-order valence-corrected chi connectivity index (χ0v) is 10.5. The highest BCUT2D eigenvalue weighted by Gasteiger charge is 2.31. The van der Waals surface area contributed by atoms with E-state index in [0.717, 1.165) is 12.5 Å². The number of carboxylic acids is 1. The fourth-order valence-corrected chi connectivity index (χ4v) is 2.37. The monoisotopic (exact) mass is 266 g/mol. The molecule has 5 nitrogen and oxygen atoms in total. The molecule has 0 bridgehead atoms. The van der Waals surface area contributed by atoms with Gasteiger partial charge in [0.25, 0.3) is 0 Å². The number of nitrogens with one attached hydrogen (secondary N) is 1. The maximum absolute atomic E-state index is 14.0. The van der Waals surface area contributed by atoms with Crippen LogP contribution in [0.25, 0.3) is 0 Å². The molecule has 1 fully saturated rings. The zero-order chi connectivity index (χ0) is 14.0. The predicted molar refractivity (Wildman–Crippen MR) is 67.8 cm³/mol. The van der Waals surface area contributed by atoms with Crippen molar-refractivity contribution < 1.29 is 19.1 Å². The number of aromatic carboxylic acids is 1. The Labute approximate surface area is 110 Å². The van der Waals surface area contributed by atoms with E-state index in [-0.39, 0.29) is 17.2 Å². The number of carbonyl (C=O) groups is 2. The number of halogens is 1. The molecule has 1 amide bonds. The standard InChI is InChI=1S/C13H15FN2O3/c1-15-12(17)11-3-2-6-16(11)10-5-4-8(13(18)19)7-9(10)14/h4-5,7,11H,2-3,6H2,1H3,(H,15,17)(H,18,19). The summed E-state index contributed by atoms with van der Waals surface area (Å²) in [6.45, 7) is 0.585. The largest absolute Gasteiger partial charge is 0.478 e. The van der Waals surface area contributed by atoms with Gasteiger partial charge in [-0.15, -0.1) is 0 Å². The molecule has 1 aliphatic heterocycles. The van der Waals surface area contributed by atoms with Crippen LogP contribution in [-0.4, -0.2) is 36.6 Å². The van der Waals surface area contributed by atoms with Crippen LogP contribution in [0.1, 0.15) is 23.2 Å². The molecule has 0 spiro atoms. The van der Waals surface area contributed by atoms with Crippen LogP contribution in [0.4, 0.5) is 10.1 Å². The lowest BCUT2D eigenvalue weighted by Gasteiger charge is -2.25. The fourth-order valence-electron chi connectivity index (χ4n) is 2.37. The second kappa shape index (κ2) is 5.26. The first-order valence-electron chi connectivity index (χ1n) is 6.05. The van der Waals surface area contributed by atoms with Crippen molar-refractivity contribution in [1.82, 2.24) is 5.32 Å². The van der Waals surface area contributed by atoms with Crippen LogP contribution in [0.5, 0.6) is 0 Å². The van der Waals surface area contributed by atoms with Gasteiger partial charge in [-0.25, -0.2) is 9.18 Å². The summed E-state index contributed by atoms with van der Waals surface area (Å²) in [5.74, 6) is -1.94. The Balaban J connectivity index is 2.31. The number of rotatable bonds is 3. The third kappa shape index (κ3) is 2.52. The summed E-state index contributed by atoms with van der Waals surface area (Å²) in [4.78, 5) is 24.2. The smallest absolute Gasteiger partial charge is 0.335 e. The van der Waals surface area contributed by atoms with E-state index in [1.165, 1.54) is 12.1 Å². The lowest BCUT2D eigenvalue weighted by molar-refractivity contribution is -0.121. The molecule has 6 heteroatoms. The highest BCUT2D eigenvalue weighted by molar-refractivity contribution is 5.89. The summed E-state index contributed by atoms with van der Waals surface area (Å²) in [6.07, 6.45) is 1.47. The van der Waals surface area contributed by atoms with Crippen molar-refractivity contribution in [3.8, 4) is 0 Å². The fraction of sp³-hybridized carbons (Fsp3) is 0.385. The first-order chi connectivity index (χ1) is 9.04. The Morgan fingerprint density at radius 2 is 2.21 bits per heavy atom. The molecule has 1 saturated heterocycles. The molecule has 0 aromatic heterocycles. The molecule has 19 heavy (non-hydrogen) atoms. The summed E-state index contributed by atoms with van der Waals surface area (Å²) < 4.78 is 14.0. The Morgan fingerprint density at radius 3 is 2.79 bits per heavy atom. The van der Waals surface area contributed by atoms with E-state index in [2.05, 4.69) is 5.32 Å². The van der Waals surface area contributed by atoms with Crippen LogP contribution < -0.4 is 10.2 Å². The molecule has 0 aliphatic carbocycles. The molecular formula is C13H15FN2O3. The molecule has 1 atom stereocenters. The number of carboxylic acid groups (broad SMARTS) is 1. The molecule has 1 aromatic carbocycles. The number of amides is 1. The third-order valence-electron chi connectivity index (χ3n) is 3.31. The molecule has 1 aromatic rings. The van der Waals surface area contributed by atoms with Crippen molar-refractivity contribution in [2.24, 2.45) is 0 Å². The van der Waals surface area contributed by atoms with Gasteiger partial charge in [0.05, 0.1) is 11.3 Å². The lowest BCUT2D eigenvalue weighted by atomic mass is 10.1. The van der Waals surface area contributed by atoms with E-state index in [1.807, 2.05) is 0 Å². The van der Waals surface area contributed by atoms with E-state index in [9.17, 15) is 14.0 Å². The third-order valence-corrected chi connectivity index (χ3v) is 3.31. The molecule has 1 aliphatic rings. The minimum atomic E-state index is -1.17. The summed E-state index contributed by atoms with van der Waals surface area (Å²) in [5, 5.41) is 11.4. The number of hydrogen-bond acceptors (Lipinski definition) is 3. The number of likely N-dealkylation sites (N-methyl/N-ethyl adjacent to an activating group) is 1. The Hall–Kier alpha value is -2.11. The summed E-state index contributed by atoms with van der Waals surface area (Å²) in [6, 6.07) is 3.35. The number of benzene rings is 1. The number of hydrogen-bond donors (Lipinski definition) is 2. The minimum absolute atomic E-state index is 0.100. The number of anilines is 1. The molecule has 2 N–H and O–H groups in total. The van der Waals surface area contributed by atoms with Gasteiger partial charge in [0.15, 0.2) is 0 Å². The second-order valence-electron chi connectivity index (χ2n) is 4.44. The van der Waals surface area contributed by atoms with Crippen molar-refractivity contribution in [3.63, 3.8) is 0 Å². The maximum Gasteiger partial charge on any atom is 0.335 e. The minimum Gasteiger partial charge on any atom is -0.478 e. The van der Waals surface area contributed by atoms with E-state index >= 15 is 0 Å². The van der Waals surface area contributed by atoms with Crippen LogP contribution in [0.3, 0.4) is 0 Å². The molecule has 1 heterocycles. The quantitative estimate of drug-likeness (QED) is 0.863. The highest BCUT2D eigenvalue weighted by Crippen LogP contribution is 2.28. The van der Waals surface area contributed by atoms with Crippen molar-refractivity contribution in [2.45, 2.75) is 18.9 Å². The molecule has 0 saturated carbocycles. The van der Waals surface area contributed by atoms with Crippen molar-refractivity contribution >= 4 is 17.6 Å². The van der Waals surface area contributed by atoms with Gasteiger partial charge in [-0.05, 0) is 31.0 Å². The van der Waals surface area contributed by atoms with Gasteiger partial charge in [0.1, 0.15) is 11.9 Å². The van der Waals surface area contributed by atoms with Crippen molar-refractivity contribution in [2.75, 3.05) is 18.5 Å². The van der Waals surface area contributed by atoms with Crippen molar-refractivity contribution in [3.05, 3.63) is 29.6 Å². The van der Waals surface area contributed by atoms with Gasteiger partial charge in [-0.2, -0.15) is 0 Å². The Kier molecular flexibility index (Phi) is 3.69. The zero-order valence-electron chi connectivity index (χ0n) is 10.5. The van der Waals surface area contributed by atoms with Crippen LogP contribution in [-0.2, 0) is 4.79 Å². The number of nitrogens with zero attached hydrogens (tertiary/aromatic N) is 1. The topological polar surface area (TPSA) is 69.6 Å². The van der Waals surface area contributed by atoms with E-state index < -0.39 is 17.8 Å². The van der Waals surface area contributed by atoms with Crippen LogP contribution in [0.2, 0.25) is 0 Å². The summed E-state index contributed by atoms with van der Waals surface area (Å²) in [5.41, 5.74) is 0.174. The first kappa shape index (κ1) is 13.3. The van der Waals surface area contributed by atoms with Gasteiger partial charge in [-0.1, -0.05) is 0 Å². The van der Waals surface area contributed by atoms with Gasteiger partial charge < -0.3 is 15.3 Å². The normalized spacial score (nSPS) is 18.4. The van der Waals surface area contributed by atoms with Crippen LogP contribution in [0, 0.1) is 5.82 Å². The summed E-state index contributed by atoms with van der Waals surface area (Å²) in [7, 11) is 1.54. The SMILES string of the molecule is CNC(=O)C1CCCN1c1ccc(C(=O)O)cc1F. The summed E-state index contributed by atoms with van der Waals surface area (Å²) >= 11 is 0. The van der Waals surface area contributed by atoms with Crippen molar-refractivity contribution in [1.29, 1.82) is 0 Å². The molecular weight excluding hydrogens is 251 g/mol. The molecule has 102 valence electrons. The van der Waals surface area contributed by atoms with Gasteiger partial charge in [-0.3, -0.25) is 4.79 Å². The number of carbonyl (C=O) groups excluding carboxylic acids is 1. The Bertz CT molecular complexity index is 519. The van der Waals surface area contributed by atoms with E-state index in [0.29, 0.717) is 13.0 Å². The average Bonchev–Trinajstić information content (AvgIpc) is 2.86. The van der Waals surface area contributed by atoms with Gasteiger partial charge in [0, 0.05) is 13.6 Å². The lowest BCUT2D eigenvalue weighted by Crippen LogP contribution is -2.42.